The number of carbonyl (C=O) groups excluding carboxylic acids is 1. The Kier molecular flexibility index (Phi) is 3.64. The van der Waals surface area contributed by atoms with Crippen molar-refractivity contribution in [2.45, 2.75) is 19.1 Å². The lowest BCUT2D eigenvalue weighted by Crippen LogP contribution is -2.32. The number of anilines is 1. The molecular formula is C10H14N2O3S. The van der Waals surface area contributed by atoms with Crippen LogP contribution in [0.2, 0.25) is 0 Å². The molecule has 88 valence electrons. The lowest BCUT2D eigenvalue weighted by Gasteiger charge is -2.09. The van der Waals surface area contributed by atoms with Gasteiger partial charge in [0.15, 0.2) is 9.84 Å². The minimum atomic E-state index is -3.37. The zero-order valence-electron chi connectivity index (χ0n) is 9.39. The van der Waals surface area contributed by atoms with E-state index < -0.39 is 21.0 Å². The molecule has 0 spiro atoms. The summed E-state index contributed by atoms with van der Waals surface area (Å²) < 4.78 is 22.3. The number of nitrogens with zero attached hydrogens (tertiary/aromatic N) is 1. The van der Waals surface area contributed by atoms with Gasteiger partial charge in [-0.25, -0.2) is 13.4 Å². The van der Waals surface area contributed by atoms with Crippen molar-refractivity contribution >= 4 is 21.6 Å². The van der Waals surface area contributed by atoms with E-state index in [1.807, 2.05) is 6.92 Å². The van der Waals surface area contributed by atoms with Gasteiger partial charge in [-0.1, -0.05) is 0 Å². The quantitative estimate of drug-likeness (QED) is 0.849. The molecule has 1 aromatic heterocycles. The van der Waals surface area contributed by atoms with E-state index in [0.717, 1.165) is 11.8 Å². The van der Waals surface area contributed by atoms with Crippen molar-refractivity contribution in [3.05, 3.63) is 23.9 Å². The van der Waals surface area contributed by atoms with Crippen LogP contribution in [0.15, 0.2) is 18.3 Å². The highest BCUT2D eigenvalue weighted by Crippen LogP contribution is 2.07. The molecule has 1 N–H and O–H groups in total. The fourth-order valence-corrected chi connectivity index (χ4v) is 1.47. The average molecular weight is 242 g/mol. The summed E-state index contributed by atoms with van der Waals surface area (Å²) in [6.07, 6.45) is 2.58. The van der Waals surface area contributed by atoms with Gasteiger partial charge in [-0.2, -0.15) is 0 Å². The number of amides is 1. The number of rotatable bonds is 3. The van der Waals surface area contributed by atoms with Crippen molar-refractivity contribution in [1.29, 1.82) is 0 Å². The van der Waals surface area contributed by atoms with Gasteiger partial charge < -0.3 is 5.32 Å². The largest absolute Gasteiger partial charge is 0.310 e. The van der Waals surface area contributed by atoms with Crippen LogP contribution in [0.3, 0.4) is 0 Å². The highest BCUT2D eigenvalue weighted by Gasteiger charge is 2.23. The smallest absolute Gasteiger partial charge is 0.243 e. The second-order valence-electron chi connectivity index (χ2n) is 3.68. The first-order valence-electron chi connectivity index (χ1n) is 4.73. The molecule has 5 nitrogen and oxygen atoms in total. The normalized spacial score (nSPS) is 13.2. The fraction of sp³-hybridized carbons (Fsp3) is 0.400. The van der Waals surface area contributed by atoms with Gasteiger partial charge in [-0.3, -0.25) is 4.79 Å². The number of hydrogen-bond donors (Lipinski definition) is 1. The fourth-order valence-electron chi connectivity index (χ4n) is 1.03. The predicted molar refractivity (Wildman–Crippen MR) is 61.9 cm³/mol. The topological polar surface area (TPSA) is 76.1 Å². The van der Waals surface area contributed by atoms with Gasteiger partial charge >= 0.3 is 0 Å². The van der Waals surface area contributed by atoms with Crippen molar-refractivity contribution in [3.63, 3.8) is 0 Å². The van der Waals surface area contributed by atoms with Crippen LogP contribution in [0, 0.1) is 6.92 Å². The van der Waals surface area contributed by atoms with E-state index in [0.29, 0.717) is 5.82 Å². The highest BCUT2D eigenvalue weighted by molar-refractivity contribution is 7.92. The van der Waals surface area contributed by atoms with Crippen LogP contribution in [0.5, 0.6) is 0 Å². The highest BCUT2D eigenvalue weighted by atomic mass is 32.2. The number of aromatic nitrogens is 1. The summed E-state index contributed by atoms with van der Waals surface area (Å²) in [4.78, 5) is 15.5. The number of hydrogen-bond acceptors (Lipinski definition) is 4. The summed E-state index contributed by atoms with van der Waals surface area (Å²) in [5.74, 6) is -0.207. The van der Waals surface area contributed by atoms with Crippen LogP contribution in [-0.4, -0.2) is 30.8 Å². The summed E-state index contributed by atoms with van der Waals surface area (Å²) in [6, 6.07) is 3.46. The Bertz CT molecular complexity index is 497. The Morgan fingerprint density at radius 3 is 2.62 bits per heavy atom. The summed E-state index contributed by atoms with van der Waals surface area (Å²) in [5, 5.41) is 1.39. The summed E-state index contributed by atoms with van der Waals surface area (Å²) >= 11 is 0. The maximum atomic E-state index is 11.5. The third-order valence-electron chi connectivity index (χ3n) is 2.18. The first-order valence-corrected chi connectivity index (χ1v) is 6.68. The Balaban J connectivity index is 2.80. The minimum absolute atomic E-state index is 0.362. The molecule has 1 atom stereocenters. The Morgan fingerprint density at radius 2 is 2.12 bits per heavy atom. The lowest BCUT2D eigenvalue weighted by atomic mass is 10.3. The van der Waals surface area contributed by atoms with E-state index in [1.54, 1.807) is 18.3 Å². The summed E-state index contributed by atoms with van der Waals surface area (Å²) in [5.41, 5.74) is 0.942. The van der Waals surface area contributed by atoms with E-state index in [4.69, 9.17) is 0 Å². The zero-order valence-corrected chi connectivity index (χ0v) is 10.2. The van der Waals surface area contributed by atoms with E-state index in [2.05, 4.69) is 10.3 Å². The van der Waals surface area contributed by atoms with Gasteiger partial charge in [0.25, 0.3) is 0 Å². The van der Waals surface area contributed by atoms with Crippen molar-refractivity contribution in [3.8, 4) is 0 Å². The second-order valence-corrected chi connectivity index (χ2v) is 6.05. The maximum Gasteiger partial charge on any atom is 0.243 e. The molecule has 0 radical (unpaired) electrons. The van der Waals surface area contributed by atoms with Gasteiger partial charge in [-0.15, -0.1) is 0 Å². The molecule has 0 unspecified atom stereocenters. The molecule has 0 saturated carbocycles. The molecule has 1 rings (SSSR count). The van der Waals surface area contributed by atoms with Crippen LogP contribution in [0.4, 0.5) is 5.82 Å². The van der Waals surface area contributed by atoms with Gasteiger partial charge in [0, 0.05) is 12.5 Å². The molecule has 1 aromatic rings. The number of aryl methyl sites for hydroxylation is 1. The van der Waals surface area contributed by atoms with Crippen molar-refractivity contribution in [1.82, 2.24) is 4.98 Å². The molecule has 1 amide bonds. The Hall–Kier alpha value is -1.43. The lowest BCUT2D eigenvalue weighted by molar-refractivity contribution is -0.115. The van der Waals surface area contributed by atoms with Crippen LogP contribution in [0.25, 0.3) is 0 Å². The van der Waals surface area contributed by atoms with Crippen LogP contribution >= 0.6 is 0 Å². The van der Waals surface area contributed by atoms with Crippen molar-refractivity contribution in [2.24, 2.45) is 0 Å². The third kappa shape index (κ3) is 3.30. The summed E-state index contributed by atoms with van der Waals surface area (Å²) in [6.45, 7) is 3.21. The molecule has 6 heteroatoms. The van der Waals surface area contributed by atoms with Gasteiger partial charge in [0.2, 0.25) is 5.91 Å². The molecule has 16 heavy (non-hydrogen) atoms. The van der Waals surface area contributed by atoms with Crippen LogP contribution in [0.1, 0.15) is 12.5 Å². The molecule has 0 aliphatic rings. The number of carbonyl (C=O) groups is 1. The molecule has 0 aromatic carbocycles. The molecule has 0 fully saturated rings. The minimum Gasteiger partial charge on any atom is -0.310 e. The Labute approximate surface area is 94.8 Å². The molecule has 0 bridgehead atoms. The van der Waals surface area contributed by atoms with Crippen LogP contribution in [-0.2, 0) is 14.6 Å². The first kappa shape index (κ1) is 12.6. The van der Waals surface area contributed by atoms with E-state index in [-0.39, 0.29) is 0 Å². The SMILES string of the molecule is Cc1ccnc(NC(=O)[C@@H](C)S(C)(=O)=O)c1. The van der Waals surface area contributed by atoms with Crippen LogP contribution < -0.4 is 5.32 Å². The maximum absolute atomic E-state index is 11.5. The van der Waals surface area contributed by atoms with Crippen molar-refractivity contribution in [2.75, 3.05) is 11.6 Å². The summed E-state index contributed by atoms with van der Waals surface area (Å²) in [7, 11) is -3.37. The van der Waals surface area contributed by atoms with Gasteiger partial charge in [0.05, 0.1) is 0 Å². The van der Waals surface area contributed by atoms with Gasteiger partial charge in [0.1, 0.15) is 11.1 Å². The molecule has 1 heterocycles. The average Bonchev–Trinajstić information content (AvgIpc) is 2.15. The molecule has 0 saturated heterocycles. The first-order chi connectivity index (χ1) is 7.30. The number of pyridine rings is 1. The van der Waals surface area contributed by atoms with Gasteiger partial charge in [-0.05, 0) is 31.5 Å². The molecule has 0 aliphatic heterocycles. The molecular weight excluding hydrogens is 228 g/mol. The zero-order chi connectivity index (χ0) is 12.3. The number of sulfone groups is 1. The van der Waals surface area contributed by atoms with Crippen molar-refractivity contribution < 1.29 is 13.2 Å². The monoisotopic (exact) mass is 242 g/mol. The van der Waals surface area contributed by atoms with E-state index in [1.165, 1.54) is 6.92 Å². The standard InChI is InChI=1S/C10H14N2O3S/c1-7-4-5-11-9(6-7)12-10(13)8(2)16(3,14)15/h4-6,8H,1-3H3,(H,11,12,13)/t8-/m1/s1. The number of nitrogens with one attached hydrogen (secondary N) is 1. The van der Waals surface area contributed by atoms with E-state index in [9.17, 15) is 13.2 Å². The van der Waals surface area contributed by atoms with E-state index >= 15 is 0 Å². The predicted octanol–water partition coefficient (Wildman–Crippen LogP) is 0.762. The second kappa shape index (κ2) is 4.61. The molecule has 0 aliphatic carbocycles. The third-order valence-corrected chi connectivity index (χ3v) is 3.68. The Morgan fingerprint density at radius 1 is 1.50 bits per heavy atom.